The summed E-state index contributed by atoms with van der Waals surface area (Å²) in [5.41, 5.74) is 3.74. The van der Waals surface area contributed by atoms with Crippen LogP contribution in [-0.2, 0) is 37.3 Å². The molecule has 0 aliphatic carbocycles. The van der Waals surface area contributed by atoms with E-state index in [1.54, 1.807) is 12.4 Å². The third kappa shape index (κ3) is 9.32. The Morgan fingerprint density at radius 3 is 1.20 bits per heavy atom. The summed E-state index contributed by atoms with van der Waals surface area (Å²) in [4.78, 5) is 28.7. The topological polar surface area (TPSA) is 88.9 Å². The molecule has 1 N–H and O–H groups in total. The zero-order valence-corrected chi connectivity index (χ0v) is 36.1. The number of fused-ring (bicyclic) bond motifs is 12. The Hall–Kier alpha value is -7.08. The fourth-order valence-electron chi connectivity index (χ4n) is 7.32. The van der Waals surface area contributed by atoms with Crippen LogP contribution in [0.25, 0.3) is 87.7 Å². The molecule has 321 valence electrons. The molecule has 0 aliphatic rings. The van der Waals surface area contributed by atoms with Gasteiger partial charge in [-0.15, -0.1) is 59.3 Å². The normalized spacial score (nSPS) is 11.8. The van der Waals surface area contributed by atoms with Crippen LogP contribution in [0.2, 0.25) is 0 Å². The van der Waals surface area contributed by atoms with E-state index in [9.17, 15) is 31.1 Å². The molecular formula is C51H32F6IrN4O2-2. The molecule has 0 amide bonds. The second-order valence-corrected chi connectivity index (χ2v) is 14.5. The number of halogens is 6. The van der Waals surface area contributed by atoms with Crippen molar-refractivity contribution in [3.63, 3.8) is 0 Å². The van der Waals surface area contributed by atoms with Crippen molar-refractivity contribution in [2.75, 3.05) is 0 Å². The molecule has 0 saturated heterocycles. The maximum Gasteiger partial charge on any atom is 0.416 e. The Bertz CT molecular complexity index is 3090. The Labute approximate surface area is 375 Å². The number of rotatable bonds is 3. The molecule has 1 radical (unpaired) electrons. The van der Waals surface area contributed by atoms with Crippen molar-refractivity contribution in [3.8, 4) is 22.5 Å². The molecule has 10 rings (SSSR count). The standard InChI is InChI=1S/2C23H12F3N2.C5H8O2.Ir/c2*24-23(25,26)15-11-9-14(10-12-15)20-13-27-21-18-7-3-1-5-16(18)17-6-2-4-8-19(17)22(21)28-20;1-4(6)3-5(2)7;/h2*1-6,8-13H;3,6H,1-2H3;/q2*-1;;/b;;4-3-;. The van der Waals surface area contributed by atoms with Crippen molar-refractivity contribution < 1.29 is 56.3 Å². The number of benzene rings is 8. The van der Waals surface area contributed by atoms with Crippen molar-refractivity contribution in [1.82, 2.24) is 19.9 Å². The predicted octanol–water partition coefficient (Wildman–Crippen LogP) is 13.9. The molecule has 8 aromatic carbocycles. The maximum atomic E-state index is 12.8. The smallest absolute Gasteiger partial charge is 0.416 e. The van der Waals surface area contributed by atoms with Gasteiger partial charge >= 0.3 is 12.4 Å². The first-order chi connectivity index (χ1) is 30.2. The van der Waals surface area contributed by atoms with Crippen molar-refractivity contribution in [1.29, 1.82) is 0 Å². The summed E-state index contributed by atoms with van der Waals surface area (Å²) in [6.45, 7) is 2.85. The molecule has 0 spiro atoms. The van der Waals surface area contributed by atoms with Gasteiger partial charge in [0.2, 0.25) is 0 Å². The van der Waals surface area contributed by atoms with Crippen LogP contribution in [0, 0.1) is 12.1 Å². The third-order valence-corrected chi connectivity index (χ3v) is 10.1. The van der Waals surface area contributed by atoms with Crippen LogP contribution in [0.3, 0.4) is 0 Å². The Morgan fingerprint density at radius 1 is 0.516 bits per heavy atom. The summed E-state index contributed by atoms with van der Waals surface area (Å²) in [7, 11) is 0. The van der Waals surface area contributed by atoms with E-state index in [2.05, 4.69) is 22.1 Å². The van der Waals surface area contributed by atoms with Crippen LogP contribution in [0.4, 0.5) is 26.3 Å². The zero-order chi connectivity index (χ0) is 44.5. The number of alkyl halides is 6. The van der Waals surface area contributed by atoms with Gasteiger partial charge in [-0.2, -0.15) is 26.3 Å². The van der Waals surface area contributed by atoms with Crippen molar-refractivity contribution in [2.45, 2.75) is 26.2 Å². The third-order valence-electron chi connectivity index (χ3n) is 10.1. The minimum atomic E-state index is -4.36. The zero-order valence-electron chi connectivity index (χ0n) is 33.7. The van der Waals surface area contributed by atoms with Crippen molar-refractivity contribution >= 4 is 70.9 Å². The van der Waals surface area contributed by atoms with Crippen LogP contribution in [0.1, 0.15) is 25.0 Å². The minimum Gasteiger partial charge on any atom is -0.512 e. The number of carbonyl (C=O) groups excluding carboxylic acids is 1. The largest absolute Gasteiger partial charge is 0.512 e. The van der Waals surface area contributed by atoms with Crippen LogP contribution in [-0.4, -0.2) is 30.8 Å². The molecule has 10 aromatic rings. The second-order valence-electron chi connectivity index (χ2n) is 14.5. The summed E-state index contributed by atoms with van der Waals surface area (Å²) in [5, 5.41) is 16.2. The molecule has 0 saturated carbocycles. The predicted molar refractivity (Wildman–Crippen MR) is 235 cm³/mol. The molecule has 2 heterocycles. The van der Waals surface area contributed by atoms with E-state index in [1.165, 1.54) is 44.2 Å². The first-order valence-electron chi connectivity index (χ1n) is 19.4. The number of nitrogens with zero attached hydrogens (tertiary/aromatic N) is 4. The van der Waals surface area contributed by atoms with Crippen LogP contribution < -0.4 is 0 Å². The molecule has 6 nitrogen and oxygen atoms in total. The number of allylic oxidation sites excluding steroid dienone is 2. The number of aliphatic hydroxyl groups excluding tert-OH is 1. The number of carbonyl (C=O) groups is 1. The van der Waals surface area contributed by atoms with Gasteiger partial charge in [0.25, 0.3) is 0 Å². The SMILES string of the molecule is CC(=O)/C=C(/C)O.FC(F)(F)c1ccc(-c2cnc3c4[c-]cccc4c4ccccc4c3n2)cc1.FC(F)(F)c1ccc(-c2cnc3c4[c-]cccc4c4ccccc4c3n2)cc1.[Ir]. The fourth-order valence-corrected chi connectivity index (χ4v) is 7.32. The van der Waals surface area contributed by atoms with Gasteiger partial charge in [0.05, 0.1) is 39.3 Å². The van der Waals surface area contributed by atoms with E-state index < -0.39 is 23.5 Å². The summed E-state index contributed by atoms with van der Waals surface area (Å²) >= 11 is 0. The van der Waals surface area contributed by atoms with Gasteiger partial charge in [0, 0.05) is 60.7 Å². The van der Waals surface area contributed by atoms with Crippen molar-refractivity contribution in [3.05, 3.63) is 181 Å². The summed E-state index contributed by atoms with van der Waals surface area (Å²) < 4.78 is 76.9. The molecule has 64 heavy (non-hydrogen) atoms. The van der Waals surface area contributed by atoms with E-state index in [1.807, 2.05) is 84.9 Å². The molecule has 0 atom stereocenters. The van der Waals surface area contributed by atoms with E-state index in [-0.39, 0.29) is 31.6 Å². The van der Waals surface area contributed by atoms with Crippen LogP contribution in [0.15, 0.2) is 158 Å². The van der Waals surface area contributed by atoms with Gasteiger partial charge in [-0.1, -0.05) is 94.3 Å². The summed E-state index contributed by atoms with van der Waals surface area (Å²) in [6, 6.07) is 43.8. The Kier molecular flexibility index (Phi) is 12.9. The second kappa shape index (κ2) is 18.3. The van der Waals surface area contributed by atoms with Gasteiger partial charge in [-0.05, 0) is 48.9 Å². The molecule has 2 aromatic heterocycles. The monoisotopic (exact) mass is 1040 g/mol. The molecule has 0 aliphatic heterocycles. The van der Waals surface area contributed by atoms with E-state index in [0.29, 0.717) is 33.5 Å². The van der Waals surface area contributed by atoms with Crippen LogP contribution in [0.5, 0.6) is 0 Å². The fraction of sp³-hybridized carbons (Fsp3) is 0.0784. The number of aliphatic hydroxyl groups is 1. The number of ketones is 1. The first-order valence-corrected chi connectivity index (χ1v) is 19.4. The van der Waals surface area contributed by atoms with Gasteiger partial charge in [-0.3, -0.25) is 14.8 Å². The van der Waals surface area contributed by atoms with E-state index in [4.69, 9.17) is 15.1 Å². The Balaban J connectivity index is 0.000000165. The molecule has 0 bridgehead atoms. The quantitative estimate of drug-likeness (QED) is 0.0623. The van der Waals surface area contributed by atoms with E-state index in [0.717, 1.165) is 78.4 Å². The number of hydrogen-bond acceptors (Lipinski definition) is 6. The van der Waals surface area contributed by atoms with Gasteiger partial charge in [0.15, 0.2) is 5.78 Å². The van der Waals surface area contributed by atoms with Crippen LogP contribution >= 0.6 is 0 Å². The van der Waals surface area contributed by atoms with Crippen molar-refractivity contribution in [2.24, 2.45) is 0 Å². The molecular weight excluding hydrogens is 1010 g/mol. The van der Waals surface area contributed by atoms with Gasteiger partial charge < -0.3 is 15.1 Å². The Morgan fingerprint density at radius 2 is 0.875 bits per heavy atom. The first kappa shape index (κ1) is 45.0. The summed E-state index contributed by atoms with van der Waals surface area (Å²) in [5.74, 6) is -0.0625. The summed E-state index contributed by atoms with van der Waals surface area (Å²) in [6.07, 6.45) is -4.36. The number of hydrogen-bond donors (Lipinski definition) is 1. The number of aromatic nitrogens is 4. The molecule has 13 heteroatoms. The van der Waals surface area contributed by atoms with E-state index >= 15 is 0 Å². The minimum absolute atomic E-state index is 0. The molecule has 0 unspecified atom stereocenters. The molecule has 0 fully saturated rings. The van der Waals surface area contributed by atoms with Gasteiger partial charge in [-0.25, -0.2) is 0 Å². The van der Waals surface area contributed by atoms with Gasteiger partial charge in [0.1, 0.15) is 0 Å². The average Bonchev–Trinajstić information content (AvgIpc) is 3.28. The maximum absolute atomic E-state index is 12.8. The average molecular weight is 1040 g/mol.